The maximum absolute atomic E-state index is 11.8. The number of urea groups is 1. The van der Waals surface area contributed by atoms with Gasteiger partial charge < -0.3 is 26.4 Å². The molecule has 9 nitrogen and oxygen atoms in total. The van der Waals surface area contributed by atoms with Gasteiger partial charge in [0.25, 0.3) is 0 Å². The van der Waals surface area contributed by atoms with Crippen LogP contribution in [0.5, 0.6) is 0 Å². The zero-order valence-electron chi connectivity index (χ0n) is 12.4. The van der Waals surface area contributed by atoms with Crippen LogP contribution in [0.1, 0.15) is 26.7 Å². The SMILES string of the molecule is CC(C)NC(=O)CN(C)C(=O)N[C@H](CCC(N)=O)C(=O)O. The lowest BCUT2D eigenvalue weighted by Gasteiger charge is -2.21. The molecule has 0 rings (SSSR count). The van der Waals surface area contributed by atoms with Crippen molar-refractivity contribution in [1.82, 2.24) is 15.5 Å². The van der Waals surface area contributed by atoms with Crippen LogP contribution in [0.4, 0.5) is 4.79 Å². The first kappa shape index (κ1) is 18.7. The summed E-state index contributed by atoms with van der Waals surface area (Å²) in [5, 5.41) is 13.8. The molecule has 5 N–H and O–H groups in total. The standard InChI is InChI=1S/C12H22N4O5/c1-7(2)14-10(18)6-16(3)12(21)15-8(11(19)20)4-5-9(13)17/h7-8H,4-6H2,1-3H3,(H2,13,17)(H,14,18)(H,15,21)(H,19,20)/t8-/m1/s1. The lowest BCUT2D eigenvalue weighted by atomic mass is 10.1. The van der Waals surface area contributed by atoms with Crippen LogP contribution in [0, 0.1) is 0 Å². The van der Waals surface area contributed by atoms with Crippen molar-refractivity contribution in [2.24, 2.45) is 5.73 Å². The van der Waals surface area contributed by atoms with E-state index in [-0.39, 0.29) is 31.3 Å². The topological polar surface area (TPSA) is 142 Å². The maximum atomic E-state index is 11.8. The molecule has 0 radical (unpaired) electrons. The number of nitrogens with two attached hydrogens (primary N) is 1. The summed E-state index contributed by atoms with van der Waals surface area (Å²) in [6.07, 6.45) is -0.267. The summed E-state index contributed by atoms with van der Waals surface area (Å²) in [5.74, 6) is -2.28. The highest BCUT2D eigenvalue weighted by Gasteiger charge is 2.23. The largest absolute Gasteiger partial charge is 0.480 e. The first-order valence-corrected chi connectivity index (χ1v) is 6.45. The molecule has 1 atom stereocenters. The third-order valence-electron chi connectivity index (χ3n) is 2.45. The number of carbonyl (C=O) groups is 4. The third-order valence-corrected chi connectivity index (χ3v) is 2.45. The molecule has 0 spiro atoms. The van der Waals surface area contributed by atoms with Gasteiger partial charge in [-0.1, -0.05) is 0 Å². The van der Waals surface area contributed by atoms with E-state index in [2.05, 4.69) is 10.6 Å². The normalized spacial score (nSPS) is 11.6. The van der Waals surface area contributed by atoms with Gasteiger partial charge in [-0.15, -0.1) is 0 Å². The van der Waals surface area contributed by atoms with Crippen molar-refractivity contribution in [1.29, 1.82) is 0 Å². The Hall–Kier alpha value is -2.32. The van der Waals surface area contributed by atoms with Crippen molar-refractivity contribution >= 4 is 23.8 Å². The van der Waals surface area contributed by atoms with Crippen molar-refractivity contribution in [3.05, 3.63) is 0 Å². The number of amides is 4. The Kier molecular flexibility index (Phi) is 7.80. The molecule has 0 fully saturated rings. The van der Waals surface area contributed by atoms with Gasteiger partial charge in [-0.2, -0.15) is 0 Å². The molecule has 0 aliphatic carbocycles. The summed E-state index contributed by atoms with van der Waals surface area (Å²) < 4.78 is 0. The Morgan fingerprint density at radius 2 is 1.76 bits per heavy atom. The molecular weight excluding hydrogens is 280 g/mol. The lowest BCUT2D eigenvalue weighted by molar-refractivity contribution is -0.139. The first-order valence-electron chi connectivity index (χ1n) is 6.45. The summed E-state index contributed by atoms with van der Waals surface area (Å²) >= 11 is 0. The molecule has 21 heavy (non-hydrogen) atoms. The smallest absolute Gasteiger partial charge is 0.326 e. The maximum Gasteiger partial charge on any atom is 0.326 e. The highest BCUT2D eigenvalue weighted by molar-refractivity contribution is 5.86. The van der Waals surface area contributed by atoms with Crippen LogP contribution >= 0.6 is 0 Å². The number of carbonyl (C=O) groups excluding carboxylic acids is 3. The summed E-state index contributed by atoms with van der Waals surface area (Å²) in [4.78, 5) is 45.9. The number of hydrogen-bond acceptors (Lipinski definition) is 4. The van der Waals surface area contributed by atoms with Crippen LogP contribution in [-0.2, 0) is 14.4 Å². The molecule has 0 saturated heterocycles. The Balaban J connectivity index is 4.43. The van der Waals surface area contributed by atoms with E-state index < -0.39 is 23.9 Å². The number of nitrogens with zero attached hydrogens (tertiary/aromatic N) is 1. The van der Waals surface area contributed by atoms with Crippen LogP contribution in [-0.4, -0.2) is 59.5 Å². The van der Waals surface area contributed by atoms with Crippen molar-refractivity contribution in [3.63, 3.8) is 0 Å². The van der Waals surface area contributed by atoms with E-state index in [0.29, 0.717) is 0 Å². The Bertz CT molecular complexity index is 410. The van der Waals surface area contributed by atoms with Crippen molar-refractivity contribution in [3.8, 4) is 0 Å². The van der Waals surface area contributed by atoms with Gasteiger partial charge in [0, 0.05) is 19.5 Å². The minimum atomic E-state index is -1.27. The first-order chi connectivity index (χ1) is 9.63. The summed E-state index contributed by atoms with van der Waals surface area (Å²) in [6, 6.07) is -2.01. The zero-order chi connectivity index (χ0) is 16.6. The Morgan fingerprint density at radius 1 is 1.19 bits per heavy atom. The number of likely N-dealkylation sites (N-methyl/N-ethyl adjacent to an activating group) is 1. The zero-order valence-corrected chi connectivity index (χ0v) is 12.4. The molecule has 0 aromatic carbocycles. The van der Waals surface area contributed by atoms with E-state index in [1.54, 1.807) is 13.8 Å². The third kappa shape index (κ3) is 8.45. The quantitative estimate of drug-likeness (QED) is 0.449. The molecule has 120 valence electrons. The van der Waals surface area contributed by atoms with Crippen molar-refractivity contribution in [2.45, 2.75) is 38.8 Å². The fourth-order valence-corrected chi connectivity index (χ4v) is 1.46. The number of primary amides is 1. The molecule has 0 heterocycles. The summed E-state index contributed by atoms with van der Waals surface area (Å²) in [6.45, 7) is 3.36. The van der Waals surface area contributed by atoms with Gasteiger partial charge in [-0.25, -0.2) is 9.59 Å². The predicted octanol–water partition coefficient (Wildman–Crippen LogP) is -1.13. The van der Waals surface area contributed by atoms with Gasteiger partial charge >= 0.3 is 12.0 Å². The van der Waals surface area contributed by atoms with Crippen LogP contribution in [0.25, 0.3) is 0 Å². The van der Waals surface area contributed by atoms with Crippen LogP contribution < -0.4 is 16.4 Å². The summed E-state index contributed by atoms with van der Waals surface area (Å²) in [7, 11) is 1.36. The lowest BCUT2D eigenvalue weighted by Crippen LogP contribution is -2.49. The molecule has 4 amide bonds. The van der Waals surface area contributed by atoms with Gasteiger partial charge in [0.2, 0.25) is 11.8 Å². The molecule has 0 aromatic rings. The summed E-state index contributed by atoms with van der Waals surface area (Å²) in [5.41, 5.74) is 4.94. The molecule has 0 unspecified atom stereocenters. The van der Waals surface area contributed by atoms with Crippen LogP contribution in [0.15, 0.2) is 0 Å². The van der Waals surface area contributed by atoms with Crippen LogP contribution in [0.2, 0.25) is 0 Å². The number of carboxylic acid groups (broad SMARTS) is 1. The van der Waals surface area contributed by atoms with E-state index in [9.17, 15) is 19.2 Å². The molecule has 0 aliphatic heterocycles. The van der Waals surface area contributed by atoms with Gasteiger partial charge in [0.05, 0.1) is 0 Å². The minimum Gasteiger partial charge on any atom is -0.480 e. The van der Waals surface area contributed by atoms with Gasteiger partial charge in [-0.05, 0) is 20.3 Å². The number of carboxylic acids is 1. The predicted molar refractivity (Wildman–Crippen MR) is 74.3 cm³/mol. The minimum absolute atomic E-state index is 0.0590. The molecule has 0 aromatic heterocycles. The second kappa shape index (κ2) is 8.77. The van der Waals surface area contributed by atoms with E-state index in [1.807, 2.05) is 0 Å². The highest BCUT2D eigenvalue weighted by atomic mass is 16.4. The number of aliphatic carboxylic acids is 1. The molecular formula is C12H22N4O5. The van der Waals surface area contributed by atoms with Crippen LogP contribution in [0.3, 0.4) is 0 Å². The molecule has 9 heteroatoms. The monoisotopic (exact) mass is 302 g/mol. The van der Waals surface area contributed by atoms with Gasteiger partial charge in [0.1, 0.15) is 12.6 Å². The number of hydrogen-bond donors (Lipinski definition) is 4. The second-order valence-electron chi connectivity index (χ2n) is 4.92. The second-order valence-corrected chi connectivity index (χ2v) is 4.92. The van der Waals surface area contributed by atoms with E-state index in [0.717, 1.165) is 4.90 Å². The number of rotatable bonds is 8. The number of nitrogens with one attached hydrogen (secondary N) is 2. The van der Waals surface area contributed by atoms with Crippen molar-refractivity contribution < 1.29 is 24.3 Å². The van der Waals surface area contributed by atoms with E-state index in [4.69, 9.17) is 10.8 Å². The Labute approximate surface area is 122 Å². The van der Waals surface area contributed by atoms with E-state index >= 15 is 0 Å². The fraction of sp³-hybridized carbons (Fsp3) is 0.667. The van der Waals surface area contributed by atoms with Crippen molar-refractivity contribution in [2.75, 3.05) is 13.6 Å². The molecule has 0 bridgehead atoms. The van der Waals surface area contributed by atoms with Gasteiger partial charge in [0.15, 0.2) is 0 Å². The van der Waals surface area contributed by atoms with E-state index in [1.165, 1.54) is 7.05 Å². The average molecular weight is 302 g/mol. The molecule has 0 saturated carbocycles. The fourth-order valence-electron chi connectivity index (χ4n) is 1.46. The highest BCUT2D eigenvalue weighted by Crippen LogP contribution is 1.99. The molecule has 0 aliphatic rings. The Morgan fingerprint density at radius 3 is 2.19 bits per heavy atom. The van der Waals surface area contributed by atoms with Gasteiger partial charge in [-0.3, -0.25) is 9.59 Å². The average Bonchev–Trinajstić information content (AvgIpc) is 2.31.